The molecule has 1 aliphatic heterocycles. The molecule has 2 amide bonds. The number of carboxylic acid groups (broad SMARTS) is 1. The van der Waals surface area contributed by atoms with Crippen molar-refractivity contribution in [3.63, 3.8) is 0 Å². The summed E-state index contributed by atoms with van der Waals surface area (Å²) >= 11 is 1.33. The molecule has 11 heteroatoms. The van der Waals surface area contributed by atoms with Gasteiger partial charge in [0, 0.05) is 24.8 Å². The van der Waals surface area contributed by atoms with Gasteiger partial charge in [0.05, 0.1) is 10.9 Å². The van der Waals surface area contributed by atoms with Gasteiger partial charge in [-0.3, -0.25) is 9.59 Å². The quantitative estimate of drug-likeness (QED) is 0.486. The van der Waals surface area contributed by atoms with Crippen molar-refractivity contribution in [3.05, 3.63) is 29.8 Å². The molecule has 2 atom stereocenters. The number of nitrogens with zero attached hydrogens (tertiary/aromatic N) is 1. The molecule has 0 radical (unpaired) electrons. The average molecular weight is 472 g/mol. The molecule has 31 heavy (non-hydrogen) atoms. The number of hydrogen-bond acceptors (Lipinski definition) is 6. The highest BCUT2D eigenvalue weighted by molar-refractivity contribution is 7.98. The fourth-order valence-corrected chi connectivity index (χ4v) is 5.09. The maximum Gasteiger partial charge on any atom is 0.327 e. The van der Waals surface area contributed by atoms with Gasteiger partial charge in [-0.2, -0.15) is 16.5 Å². The molecule has 1 heterocycles. The number of carboxylic acids is 1. The third kappa shape index (κ3) is 6.94. The fraction of sp³-hybridized carbons (Fsp3) is 0.550. The van der Waals surface area contributed by atoms with Crippen LogP contribution in [0.2, 0.25) is 0 Å². The second-order valence-electron chi connectivity index (χ2n) is 7.61. The van der Waals surface area contributed by atoms with E-state index >= 15 is 0 Å². The summed E-state index contributed by atoms with van der Waals surface area (Å²) in [5.74, 6) is -1.88. The van der Waals surface area contributed by atoms with Crippen molar-refractivity contribution in [1.29, 1.82) is 0 Å². The van der Waals surface area contributed by atoms with Gasteiger partial charge in [-0.25, -0.2) is 13.2 Å². The number of carbonyl (C=O) groups excluding carboxylic acids is 2. The lowest BCUT2D eigenvalue weighted by atomic mass is 9.95. The highest BCUT2D eigenvalue weighted by Crippen LogP contribution is 2.19. The second-order valence-corrected chi connectivity index (χ2v) is 10.2. The molecule has 0 spiro atoms. The van der Waals surface area contributed by atoms with E-state index < -0.39 is 28.1 Å². The minimum Gasteiger partial charge on any atom is -0.480 e. The Morgan fingerprint density at radius 3 is 2.29 bits per heavy atom. The van der Waals surface area contributed by atoms with Crippen LogP contribution in [0.3, 0.4) is 0 Å². The van der Waals surface area contributed by atoms with Crippen LogP contribution in [0.25, 0.3) is 0 Å². The molecule has 0 aliphatic carbocycles. The molecule has 1 fully saturated rings. The number of sulfonamides is 1. The lowest BCUT2D eigenvalue weighted by Gasteiger charge is -2.33. The Kier molecular flexibility index (Phi) is 8.90. The summed E-state index contributed by atoms with van der Waals surface area (Å²) in [5, 5.41) is 11.7. The largest absolute Gasteiger partial charge is 0.480 e. The predicted molar refractivity (Wildman–Crippen MR) is 118 cm³/mol. The van der Waals surface area contributed by atoms with Crippen LogP contribution in [0.4, 0.5) is 0 Å². The first-order chi connectivity index (χ1) is 14.5. The van der Waals surface area contributed by atoms with Gasteiger partial charge in [-0.15, -0.1) is 0 Å². The zero-order chi connectivity index (χ0) is 23.2. The highest BCUT2D eigenvalue weighted by atomic mass is 32.2. The van der Waals surface area contributed by atoms with E-state index in [4.69, 9.17) is 0 Å². The Hall–Kier alpha value is -2.11. The topological polar surface area (TPSA) is 133 Å². The number of amides is 2. The van der Waals surface area contributed by atoms with Crippen molar-refractivity contribution in [3.8, 4) is 0 Å². The van der Waals surface area contributed by atoms with Crippen LogP contribution in [0.15, 0.2) is 29.2 Å². The average Bonchev–Trinajstić information content (AvgIpc) is 2.72. The Labute approximate surface area is 187 Å². The van der Waals surface area contributed by atoms with E-state index in [1.54, 1.807) is 18.4 Å². The summed E-state index contributed by atoms with van der Waals surface area (Å²) in [4.78, 5) is 37.9. The monoisotopic (exact) mass is 471 g/mol. The lowest BCUT2D eigenvalue weighted by molar-refractivity contribution is -0.142. The number of likely N-dealkylation sites (tertiary alicyclic amines) is 1. The first-order valence-electron chi connectivity index (χ1n) is 9.95. The van der Waals surface area contributed by atoms with Crippen molar-refractivity contribution >= 4 is 39.6 Å². The molecule has 2 rings (SSSR count). The van der Waals surface area contributed by atoms with E-state index in [1.807, 2.05) is 6.92 Å². The number of carbonyl (C=O) groups is 3. The number of aryl methyl sites for hydroxylation is 1. The zero-order valence-corrected chi connectivity index (χ0v) is 19.5. The van der Waals surface area contributed by atoms with E-state index in [9.17, 15) is 27.9 Å². The number of aliphatic carboxylic acids is 1. The van der Waals surface area contributed by atoms with Crippen molar-refractivity contribution in [2.24, 2.45) is 5.92 Å². The maximum absolute atomic E-state index is 12.7. The van der Waals surface area contributed by atoms with Crippen molar-refractivity contribution < 1.29 is 27.9 Å². The number of hydrogen-bond donors (Lipinski definition) is 3. The summed E-state index contributed by atoms with van der Waals surface area (Å²) < 4.78 is 27.4. The zero-order valence-electron chi connectivity index (χ0n) is 17.8. The van der Waals surface area contributed by atoms with Gasteiger partial charge < -0.3 is 15.3 Å². The van der Waals surface area contributed by atoms with Crippen molar-refractivity contribution in [2.75, 3.05) is 25.1 Å². The van der Waals surface area contributed by atoms with Crippen LogP contribution in [0, 0.1) is 12.8 Å². The maximum atomic E-state index is 12.7. The Morgan fingerprint density at radius 1 is 1.19 bits per heavy atom. The number of piperidine rings is 1. The number of rotatable bonds is 9. The first kappa shape index (κ1) is 25.2. The molecule has 2 unspecified atom stereocenters. The van der Waals surface area contributed by atoms with E-state index in [0.29, 0.717) is 25.9 Å². The van der Waals surface area contributed by atoms with Crippen LogP contribution < -0.4 is 10.0 Å². The summed E-state index contributed by atoms with van der Waals surface area (Å²) in [7, 11) is -3.83. The van der Waals surface area contributed by atoms with E-state index in [-0.39, 0.29) is 28.4 Å². The van der Waals surface area contributed by atoms with Gasteiger partial charge in [0.1, 0.15) is 6.04 Å². The van der Waals surface area contributed by atoms with Crippen LogP contribution in [0.5, 0.6) is 0 Å². The summed E-state index contributed by atoms with van der Waals surface area (Å²) in [5.41, 5.74) is 0.929. The van der Waals surface area contributed by atoms with Gasteiger partial charge in [-0.1, -0.05) is 17.7 Å². The van der Waals surface area contributed by atoms with E-state index in [2.05, 4.69) is 10.0 Å². The molecule has 0 bridgehead atoms. The molecule has 0 saturated carbocycles. The van der Waals surface area contributed by atoms with Crippen LogP contribution in [-0.4, -0.2) is 73.4 Å². The SMILES string of the molecule is CSCC(NC(=O)C1CCN(C(=O)C(C)NS(=O)(=O)c2ccc(C)cc2)CC1)C(=O)O. The minimum absolute atomic E-state index is 0.0892. The van der Waals surface area contributed by atoms with Crippen LogP contribution >= 0.6 is 11.8 Å². The number of thioether (sulfide) groups is 1. The van der Waals surface area contributed by atoms with Gasteiger partial charge in [0.25, 0.3) is 0 Å². The third-order valence-corrected chi connectivity index (χ3v) is 7.38. The van der Waals surface area contributed by atoms with E-state index in [1.165, 1.54) is 35.7 Å². The molecule has 172 valence electrons. The summed E-state index contributed by atoms with van der Waals surface area (Å²) in [6.45, 7) is 3.94. The lowest BCUT2D eigenvalue weighted by Crippen LogP contribution is -2.51. The normalized spacial score (nSPS) is 17.1. The Balaban J connectivity index is 1.90. The van der Waals surface area contributed by atoms with Crippen LogP contribution in [-0.2, 0) is 24.4 Å². The predicted octanol–water partition coefficient (Wildman–Crippen LogP) is 0.833. The Morgan fingerprint density at radius 2 is 1.77 bits per heavy atom. The van der Waals surface area contributed by atoms with Gasteiger partial charge in [-0.05, 0) is 45.1 Å². The molecule has 3 N–H and O–H groups in total. The van der Waals surface area contributed by atoms with E-state index in [0.717, 1.165) is 5.56 Å². The standard InChI is InChI=1S/C20H29N3O6S2/c1-13-4-6-16(7-5-13)31(28,29)22-14(2)19(25)23-10-8-15(9-11-23)18(24)21-17(12-30-3)20(26)27/h4-7,14-15,17,22H,8-12H2,1-3H3,(H,21,24)(H,26,27). The van der Waals surface area contributed by atoms with Gasteiger partial charge in [0.2, 0.25) is 21.8 Å². The highest BCUT2D eigenvalue weighted by Gasteiger charge is 2.32. The molecular formula is C20H29N3O6S2. The Bertz CT molecular complexity index is 896. The molecule has 1 aromatic carbocycles. The molecular weight excluding hydrogens is 442 g/mol. The number of benzene rings is 1. The minimum atomic E-state index is -3.83. The number of nitrogens with one attached hydrogen (secondary N) is 2. The summed E-state index contributed by atoms with van der Waals surface area (Å²) in [6, 6.07) is 4.45. The van der Waals surface area contributed by atoms with Crippen molar-refractivity contribution in [2.45, 2.75) is 43.7 Å². The third-order valence-electron chi connectivity index (χ3n) is 5.16. The van der Waals surface area contributed by atoms with Gasteiger partial charge >= 0.3 is 5.97 Å². The van der Waals surface area contributed by atoms with Crippen LogP contribution in [0.1, 0.15) is 25.3 Å². The summed E-state index contributed by atoms with van der Waals surface area (Å²) in [6.07, 6.45) is 2.54. The fourth-order valence-electron chi connectivity index (χ4n) is 3.34. The van der Waals surface area contributed by atoms with Gasteiger partial charge in [0.15, 0.2) is 0 Å². The molecule has 0 aromatic heterocycles. The smallest absolute Gasteiger partial charge is 0.327 e. The molecule has 1 aromatic rings. The molecule has 1 saturated heterocycles. The van der Waals surface area contributed by atoms with Crippen molar-refractivity contribution in [1.82, 2.24) is 14.9 Å². The molecule has 9 nitrogen and oxygen atoms in total. The first-order valence-corrected chi connectivity index (χ1v) is 12.8. The molecule has 1 aliphatic rings. The second kappa shape index (κ2) is 11.0.